The minimum absolute atomic E-state index is 0.252. The van der Waals surface area contributed by atoms with Crippen molar-refractivity contribution in [2.75, 3.05) is 0 Å². The number of benzene rings is 2. The van der Waals surface area contributed by atoms with Crippen LogP contribution in [0.4, 0.5) is 0 Å². The normalized spacial score (nSPS) is 15.9. The molecule has 0 aliphatic carbocycles. The Bertz CT molecular complexity index is 897. The molecule has 1 saturated heterocycles. The summed E-state index contributed by atoms with van der Waals surface area (Å²) in [6, 6.07) is 14.2. The molecule has 1 fully saturated rings. The number of thioether (sulfide) groups is 1. The van der Waals surface area contributed by atoms with E-state index in [1.807, 2.05) is 30.3 Å². The zero-order valence-corrected chi connectivity index (χ0v) is 15.9. The molecule has 7 heteroatoms. The first-order chi connectivity index (χ1) is 12.0. The average Bonchev–Trinajstić information content (AvgIpc) is 2.85. The van der Waals surface area contributed by atoms with E-state index in [4.69, 9.17) is 35.4 Å². The molecule has 0 unspecified atom stereocenters. The van der Waals surface area contributed by atoms with Gasteiger partial charge in [-0.15, -0.1) is 0 Å². The summed E-state index contributed by atoms with van der Waals surface area (Å²) in [4.78, 5) is 26.8. The standard InChI is InChI=1S/C18H11Cl2NO2S2/c19-12-6-7-14(20)13(8-12)15(22)9-16-17(23)21(18(24)25-16)10-11-4-2-1-3-5-11/h1-9H,10H2/b16-9-. The molecule has 1 aliphatic rings. The summed E-state index contributed by atoms with van der Waals surface area (Å²) in [6.07, 6.45) is 1.27. The molecule has 2 aromatic rings. The summed E-state index contributed by atoms with van der Waals surface area (Å²) >= 11 is 18.3. The van der Waals surface area contributed by atoms with E-state index in [0.29, 0.717) is 15.9 Å². The van der Waals surface area contributed by atoms with Crippen molar-refractivity contribution in [1.29, 1.82) is 0 Å². The fraction of sp³-hybridized carbons (Fsp3) is 0.0556. The first kappa shape index (κ1) is 18.1. The third kappa shape index (κ3) is 4.12. The Kier molecular flexibility index (Phi) is 5.59. The number of hydrogen-bond acceptors (Lipinski definition) is 4. The first-order valence-electron chi connectivity index (χ1n) is 7.24. The van der Waals surface area contributed by atoms with Gasteiger partial charge in [-0.3, -0.25) is 14.5 Å². The van der Waals surface area contributed by atoms with Crippen LogP contribution in [0.5, 0.6) is 0 Å². The Morgan fingerprint density at radius 1 is 1.16 bits per heavy atom. The molecule has 0 spiro atoms. The van der Waals surface area contributed by atoms with Crippen molar-refractivity contribution in [3.63, 3.8) is 0 Å². The third-order valence-corrected chi connectivity index (χ3v) is 5.46. The zero-order chi connectivity index (χ0) is 18.0. The molecule has 25 heavy (non-hydrogen) atoms. The number of ketones is 1. The molecule has 3 nitrogen and oxygen atoms in total. The van der Waals surface area contributed by atoms with Gasteiger partial charge in [-0.1, -0.05) is 77.5 Å². The second-order valence-corrected chi connectivity index (χ2v) is 7.76. The van der Waals surface area contributed by atoms with Crippen molar-refractivity contribution in [2.24, 2.45) is 0 Å². The van der Waals surface area contributed by atoms with Gasteiger partial charge < -0.3 is 0 Å². The summed E-state index contributed by atoms with van der Waals surface area (Å²) in [5, 5.41) is 0.684. The van der Waals surface area contributed by atoms with Gasteiger partial charge in [0.15, 0.2) is 5.78 Å². The maximum Gasteiger partial charge on any atom is 0.266 e. The lowest BCUT2D eigenvalue weighted by Crippen LogP contribution is -2.27. The number of carbonyl (C=O) groups is 2. The third-order valence-electron chi connectivity index (χ3n) is 3.51. The van der Waals surface area contributed by atoms with Gasteiger partial charge in [-0.2, -0.15) is 0 Å². The second-order valence-electron chi connectivity index (χ2n) is 5.24. The highest BCUT2D eigenvalue weighted by molar-refractivity contribution is 8.26. The molecule has 0 bridgehead atoms. The van der Waals surface area contributed by atoms with Crippen LogP contribution in [0.2, 0.25) is 10.0 Å². The maximum atomic E-state index is 12.6. The predicted octanol–water partition coefficient (Wildman–Crippen LogP) is 5.12. The highest BCUT2D eigenvalue weighted by Crippen LogP contribution is 2.33. The van der Waals surface area contributed by atoms with E-state index in [0.717, 1.165) is 17.3 Å². The zero-order valence-electron chi connectivity index (χ0n) is 12.7. The van der Waals surface area contributed by atoms with Gasteiger partial charge >= 0.3 is 0 Å². The van der Waals surface area contributed by atoms with Crippen LogP contribution in [0.1, 0.15) is 15.9 Å². The van der Waals surface area contributed by atoms with Gasteiger partial charge in [0, 0.05) is 16.7 Å². The molecule has 3 rings (SSSR count). The molecule has 0 aromatic heterocycles. The Morgan fingerprint density at radius 3 is 2.60 bits per heavy atom. The fourth-order valence-electron chi connectivity index (χ4n) is 2.29. The van der Waals surface area contributed by atoms with Gasteiger partial charge in [0.2, 0.25) is 0 Å². The number of nitrogens with zero attached hydrogens (tertiary/aromatic N) is 1. The van der Waals surface area contributed by atoms with E-state index in [9.17, 15) is 9.59 Å². The number of allylic oxidation sites excluding steroid dienone is 1. The summed E-state index contributed by atoms with van der Waals surface area (Å²) < 4.78 is 0.421. The van der Waals surface area contributed by atoms with Crippen LogP contribution in [-0.2, 0) is 11.3 Å². The van der Waals surface area contributed by atoms with E-state index >= 15 is 0 Å². The molecule has 0 radical (unpaired) electrons. The lowest BCUT2D eigenvalue weighted by molar-refractivity contribution is -0.122. The summed E-state index contributed by atoms with van der Waals surface area (Å²) in [5.41, 5.74) is 1.21. The van der Waals surface area contributed by atoms with Gasteiger partial charge in [0.25, 0.3) is 5.91 Å². The fourth-order valence-corrected chi connectivity index (χ4v) is 3.89. The van der Waals surface area contributed by atoms with E-state index < -0.39 is 0 Å². The largest absolute Gasteiger partial charge is 0.289 e. The number of halogens is 2. The molecule has 1 aliphatic heterocycles. The Hall–Kier alpha value is -1.66. The smallest absolute Gasteiger partial charge is 0.266 e. The van der Waals surface area contributed by atoms with Crippen LogP contribution in [-0.4, -0.2) is 20.9 Å². The van der Waals surface area contributed by atoms with Crippen molar-refractivity contribution in [2.45, 2.75) is 6.54 Å². The van der Waals surface area contributed by atoms with Crippen LogP contribution in [0.25, 0.3) is 0 Å². The molecule has 1 heterocycles. The number of amides is 1. The maximum absolute atomic E-state index is 12.6. The molecular formula is C18H11Cl2NO2S2. The summed E-state index contributed by atoms with van der Waals surface area (Å²) in [7, 11) is 0. The minimum atomic E-state index is -0.382. The highest BCUT2D eigenvalue weighted by atomic mass is 35.5. The van der Waals surface area contributed by atoms with Crippen LogP contribution >= 0.6 is 47.2 Å². The lowest BCUT2D eigenvalue weighted by atomic mass is 10.1. The minimum Gasteiger partial charge on any atom is -0.289 e. The van der Waals surface area contributed by atoms with Crippen molar-refractivity contribution >= 4 is 63.2 Å². The van der Waals surface area contributed by atoms with Gasteiger partial charge in [0.1, 0.15) is 4.32 Å². The number of carbonyl (C=O) groups excluding carboxylic acids is 2. The molecule has 0 saturated carbocycles. The van der Waals surface area contributed by atoms with E-state index in [1.165, 1.54) is 17.0 Å². The molecule has 0 N–H and O–H groups in total. The topological polar surface area (TPSA) is 37.4 Å². The lowest BCUT2D eigenvalue weighted by Gasteiger charge is -2.14. The monoisotopic (exact) mass is 407 g/mol. The number of thiocarbonyl (C=S) groups is 1. The van der Waals surface area contributed by atoms with E-state index in [2.05, 4.69) is 0 Å². The Balaban J connectivity index is 1.82. The van der Waals surface area contributed by atoms with Crippen LogP contribution in [0.3, 0.4) is 0 Å². The van der Waals surface area contributed by atoms with Crippen molar-refractivity contribution in [3.05, 3.63) is 80.7 Å². The average molecular weight is 408 g/mol. The Labute approximate surface area is 164 Å². The van der Waals surface area contributed by atoms with E-state index in [1.54, 1.807) is 12.1 Å². The van der Waals surface area contributed by atoms with Crippen LogP contribution in [0.15, 0.2) is 59.5 Å². The SMILES string of the molecule is O=C(/C=C1\SC(=S)N(Cc2ccccc2)C1=O)c1cc(Cl)ccc1Cl. The van der Waals surface area contributed by atoms with Gasteiger partial charge in [-0.05, 0) is 23.8 Å². The quantitative estimate of drug-likeness (QED) is 0.400. The van der Waals surface area contributed by atoms with Crippen LogP contribution < -0.4 is 0 Å². The van der Waals surface area contributed by atoms with Crippen LogP contribution in [0, 0.1) is 0 Å². The summed E-state index contributed by atoms with van der Waals surface area (Å²) in [5.74, 6) is -0.668. The molecule has 2 aromatic carbocycles. The molecule has 0 atom stereocenters. The predicted molar refractivity (Wildman–Crippen MR) is 106 cm³/mol. The summed E-state index contributed by atoms with van der Waals surface area (Å²) in [6.45, 7) is 0.370. The molecular weight excluding hydrogens is 397 g/mol. The number of hydrogen-bond donors (Lipinski definition) is 0. The van der Waals surface area contributed by atoms with Crippen molar-refractivity contribution < 1.29 is 9.59 Å². The van der Waals surface area contributed by atoms with Gasteiger partial charge in [0.05, 0.1) is 16.5 Å². The van der Waals surface area contributed by atoms with E-state index in [-0.39, 0.29) is 27.2 Å². The Morgan fingerprint density at radius 2 is 1.88 bits per heavy atom. The number of rotatable bonds is 4. The van der Waals surface area contributed by atoms with Gasteiger partial charge in [-0.25, -0.2) is 0 Å². The highest BCUT2D eigenvalue weighted by Gasteiger charge is 2.32. The molecule has 126 valence electrons. The molecule has 1 amide bonds. The van der Waals surface area contributed by atoms with Crippen molar-refractivity contribution in [3.8, 4) is 0 Å². The first-order valence-corrected chi connectivity index (χ1v) is 9.22. The second kappa shape index (κ2) is 7.70. The van der Waals surface area contributed by atoms with Crippen molar-refractivity contribution in [1.82, 2.24) is 4.90 Å².